The molecule has 0 N–H and O–H groups in total. The molecule has 0 radical (unpaired) electrons. The lowest BCUT2D eigenvalue weighted by atomic mass is 9.92. The highest BCUT2D eigenvalue weighted by Gasteiger charge is 2.19. The van der Waals surface area contributed by atoms with Crippen molar-refractivity contribution in [3.8, 4) is 6.07 Å². The second-order valence-electron chi connectivity index (χ2n) is 3.82. The zero-order valence-corrected chi connectivity index (χ0v) is 8.87. The van der Waals surface area contributed by atoms with Crippen molar-refractivity contribution in [2.75, 3.05) is 5.01 Å². The van der Waals surface area contributed by atoms with Crippen molar-refractivity contribution in [2.45, 2.75) is 6.92 Å². The van der Waals surface area contributed by atoms with Gasteiger partial charge in [0.2, 0.25) is 0 Å². The Bertz CT molecular complexity index is 514. The molecule has 0 saturated heterocycles. The molecule has 2 rings (SSSR count). The van der Waals surface area contributed by atoms with E-state index in [4.69, 9.17) is 5.26 Å². The average molecular weight is 213 g/mol. The first kappa shape index (κ1) is 10.2. The van der Waals surface area contributed by atoms with E-state index in [0.29, 0.717) is 0 Å². The summed E-state index contributed by atoms with van der Waals surface area (Å²) in [5.74, 6) is 0. The second kappa shape index (κ2) is 3.70. The maximum atomic E-state index is 10.9. The Morgan fingerprint density at radius 2 is 1.81 bits per heavy atom. The van der Waals surface area contributed by atoms with E-state index >= 15 is 0 Å². The van der Waals surface area contributed by atoms with Crippen molar-refractivity contribution in [3.63, 3.8) is 0 Å². The Hall–Kier alpha value is -2.28. The van der Waals surface area contributed by atoms with E-state index in [1.807, 2.05) is 19.1 Å². The SMILES string of the molecule is CC1(C#N)C=CN(n2ccc(=O)cc2)C=C1. The van der Waals surface area contributed by atoms with Gasteiger partial charge in [0.25, 0.3) is 0 Å². The smallest absolute Gasteiger partial charge is 0.181 e. The molecule has 2 heterocycles. The highest BCUT2D eigenvalue weighted by atomic mass is 16.1. The van der Waals surface area contributed by atoms with Gasteiger partial charge >= 0.3 is 0 Å². The third-order valence-electron chi connectivity index (χ3n) is 2.44. The van der Waals surface area contributed by atoms with Crippen LogP contribution in [0.1, 0.15) is 6.92 Å². The maximum Gasteiger partial charge on any atom is 0.181 e. The maximum absolute atomic E-state index is 10.9. The first-order valence-electron chi connectivity index (χ1n) is 4.90. The van der Waals surface area contributed by atoms with Crippen LogP contribution in [0, 0.1) is 16.7 Å². The first-order valence-corrected chi connectivity index (χ1v) is 4.90. The number of hydrogen-bond acceptors (Lipinski definition) is 3. The molecule has 1 aliphatic rings. The third-order valence-corrected chi connectivity index (χ3v) is 2.44. The second-order valence-corrected chi connectivity index (χ2v) is 3.82. The van der Waals surface area contributed by atoms with E-state index in [9.17, 15) is 4.79 Å². The summed E-state index contributed by atoms with van der Waals surface area (Å²) in [6, 6.07) is 5.17. The van der Waals surface area contributed by atoms with E-state index in [2.05, 4.69) is 6.07 Å². The van der Waals surface area contributed by atoms with E-state index in [1.165, 1.54) is 12.1 Å². The fraction of sp³-hybridized carbons (Fsp3) is 0.167. The summed E-state index contributed by atoms with van der Waals surface area (Å²) in [6.45, 7) is 1.84. The quantitative estimate of drug-likeness (QED) is 0.707. The molecular weight excluding hydrogens is 202 g/mol. The van der Waals surface area contributed by atoms with Crippen molar-refractivity contribution in [1.29, 1.82) is 5.26 Å². The molecule has 0 spiro atoms. The van der Waals surface area contributed by atoms with E-state index in [-0.39, 0.29) is 5.43 Å². The van der Waals surface area contributed by atoms with Crippen LogP contribution in [-0.4, -0.2) is 4.68 Å². The van der Waals surface area contributed by atoms with Crippen LogP contribution in [0.25, 0.3) is 0 Å². The van der Waals surface area contributed by atoms with Gasteiger partial charge in [0.1, 0.15) is 0 Å². The lowest BCUT2D eigenvalue weighted by molar-refractivity contribution is 0.682. The summed E-state index contributed by atoms with van der Waals surface area (Å²) in [7, 11) is 0. The van der Waals surface area contributed by atoms with Gasteiger partial charge in [0.05, 0.1) is 11.5 Å². The number of nitrogens with zero attached hydrogens (tertiary/aromatic N) is 3. The first-order chi connectivity index (χ1) is 7.63. The van der Waals surface area contributed by atoms with E-state index < -0.39 is 5.41 Å². The van der Waals surface area contributed by atoms with Gasteiger partial charge < -0.3 is 0 Å². The molecule has 0 fully saturated rings. The number of hydrogen-bond donors (Lipinski definition) is 0. The third kappa shape index (κ3) is 1.89. The van der Waals surface area contributed by atoms with Crippen molar-refractivity contribution >= 4 is 0 Å². The van der Waals surface area contributed by atoms with Crippen LogP contribution in [0.3, 0.4) is 0 Å². The van der Waals surface area contributed by atoms with Crippen molar-refractivity contribution in [1.82, 2.24) is 4.68 Å². The Labute approximate surface area is 93.3 Å². The molecule has 0 amide bonds. The van der Waals surface area contributed by atoms with Crippen LogP contribution in [0.2, 0.25) is 0 Å². The van der Waals surface area contributed by atoms with E-state index in [0.717, 1.165) is 0 Å². The molecular formula is C12H11N3O. The molecule has 0 saturated carbocycles. The zero-order valence-electron chi connectivity index (χ0n) is 8.87. The minimum atomic E-state index is -0.546. The summed E-state index contributed by atoms with van der Waals surface area (Å²) < 4.78 is 1.76. The van der Waals surface area contributed by atoms with Crippen LogP contribution in [0.4, 0.5) is 0 Å². The Morgan fingerprint density at radius 1 is 1.25 bits per heavy atom. The average Bonchev–Trinajstić information content (AvgIpc) is 2.32. The minimum Gasteiger partial charge on any atom is -0.290 e. The molecule has 0 bridgehead atoms. The molecule has 0 aromatic carbocycles. The van der Waals surface area contributed by atoms with Crippen LogP contribution in [-0.2, 0) is 0 Å². The van der Waals surface area contributed by atoms with Gasteiger partial charge in [-0.05, 0) is 19.1 Å². The summed E-state index contributed by atoms with van der Waals surface area (Å²) in [4.78, 5) is 10.9. The van der Waals surface area contributed by atoms with Crippen molar-refractivity contribution < 1.29 is 0 Å². The van der Waals surface area contributed by atoms with Crippen molar-refractivity contribution in [3.05, 3.63) is 59.3 Å². The van der Waals surface area contributed by atoms with Gasteiger partial charge in [-0.2, -0.15) is 5.26 Å². The van der Waals surface area contributed by atoms with Gasteiger partial charge in [0, 0.05) is 36.9 Å². The Kier molecular flexibility index (Phi) is 2.37. The van der Waals surface area contributed by atoms with Crippen LogP contribution in [0.5, 0.6) is 0 Å². The monoisotopic (exact) mass is 213 g/mol. The Morgan fingerprint density at radius 3 is 2.31 bits per heavy atom. The highest BCUT2D eigenvalue weighted by molar-refractivity contribution is 5.30. The van der Waals surface area contributed by atoms with Gasteiger partial charge in [-0.1, -0.05) is 0 Å². The van der Waals surface area contributed by atoms with Gasteiger partial charge in [-0.25, -0.2) is 0 Å². The number of allylic oxidation sites excluding steroid dienone is 2. The molecule has 1 aromatic rings. The predicted molar refractivity (Wildman–Crippen MR) is 60.9 cm³/mol. The molecule has 0 unspecified atom stereocenters. The summed E-state index contributed by atoms with van der Waals surface area (Å²) >= 11 is 0. The fourth-order valence-electron chi connectivity index (χ4n) is 1.36. The number of pyridine rings is 1. The molecule has 80 valence electrons. The van der Waals surface area contributed by atoms with Crippen LogP contribution in [0.15, 0.2) is 53.9 Å². The molecule has 4 heteroatoms. The van der Waals surface area contributed by atoms with Crippen LogP contribution >= 0.6 is 0 Å². The zero-order chi connectivity index (χ0) is 11.6. The molecule has 1 aliphatic heterocycles. The molecule has 16 heavy (non-hydrogen) atoms. The number of aromatic nitrogens is 1. The lowest BCUT2D eigenvalue weighted by Crippen LogP contribution is -2.27. The molecule has 0 aliphatic carbocycles. The number of rotatable bonds is 1. The summed E-state index contributed by atoms with van der Waals surface area (Å²) in [5.41, 5.74) is -0.571. The molecule has 0 atom stereocenters. The predicted octanol–water partition coefficient (Wildman–Crippen LogP) is 1.36. The summed E-state index contributed by atoms with van der Waals surface area (Å²) in [5, 5.41) is 10.7. The van der Waals surface area contributed by atoms with Crippen molar-refractivity contribution in [2.24, 2.45) is 5.41 Å². The number of nitriles is 1. The lowest BCUT2D eigenvalue weighted by Gasteiger charge is -2.25. The van der Waals surface area contributed by atoms with Crippen LogP contribution < -0.4 is 10.4 Å². The standard InChI is InChI=1S/C12H11N3O/c1-12(10-13)4-8-15(9-5-12)14-6-2-11(16)3-7-14/h2-9H,1H3. The van der Waals surface area contributed by atoms with E-state index in [1.54, 1.807) is 34.5 Å². The van der Waals surface area contributed by atoms with Gasteiger partial charge in [-0.3, -0.25) is 14.5 Å². The fourth-order valence-corrected chi connectivity index (χ4v) is 1.36. The normalized spacial score (nSPS) is 17.1. The highest BCUT2D eigenvalue weighted by Crippen LogP contribution is 2.22. The largest absolute Gasteiger partial charge is 0.290 e. The topological polar surface area (TPSA) is 49.0 Å². The molecule has 4 nitrogen and oxygen atoms in total. The van der Waals surface area contributed by atoms with Gasteiger partial charge in [-0.15, -0.1) is 0 Å². The Balaban J connectivity index is 2.25. The van der Waals surface area contributed by atoms with Gasteiger partial charge in [0.15, 0.2) is 5.43 Å². The minimum absolute atomic E-state index is 0.0249. The molecule has 1 aromatic heterocycles. The summed E-state index contributed by atoms with van der Waals surface area (Å²) in [6.07, 6.45) is 10.6.